The molecule has 1 heterocycles. The van der Waals surface area contributed by atoms with Crippen LogP contribution in [0.5, 0.6) is 0 Å². The van der Waals surface area contributed by atoms with Crippen molar-refractivity contribution in [3.63, 3.8) is 0 Å². The topological polar surface area (TPSA) is 71.6 Å². The molecule has 3 aromatic carbocycles. The van der Waals surface area contributed by atoms with Gasteiger partial charge in [0.05, 0.1) is 20.8 Å². The number of nitro groups is 1. The zero-order valence-corrected chi connectivity index (χ0v) is 19.7. The molecule has 0 saturated heterocycles. The van der Waals surface area contributed by atoms with Gasteiger partial charge in [-0.15, -0.1) is 11.3 Å². The second-order valence-electron chi connectivity index (χ2n) is 7.20. The highest BCUT2D eigenvalue weighted by Crippen LogP contribution is 2.34. The van der Waals surface area contributed by atoms with E-state index in [9.17, 15) is 10.1 Å². The fourth-order valence-corrected chi connectivity index (χ4v) is 5.24. The monoisotopic (exact) mass is 482 g/mol. The summed E-state index contributed by atoms with van der Waals surface area (Å²) in [5.41, 5.74) is 4.18. The molecule has 0 N–H and O–H groups in total. The average molecular weight is 483 g/mol. The smallest absolute Gasteiger partial charge is 0.293 e. The Morgan fingerprint density at radius 2 is 1.94 bits per heavy atom. The molecule has 0 saturated carbocycles. The Kier molecular flexibility index (Phi) is 6.74. The lowest BCUT2D eigenvalue weighted by Crippen LogP contribution is -2.11. The van der Waals surface area contributed by atoms with Gasteiger partial charge in [0, 0.05) is 37.2 Å². The minimum Gasteiger partial charge on any atom is -0.372 e. The molecule has 0 bridgehead atoms. The van der Waals surface area contributed by atoms with Crippen LogP contribution in [0.2, 0.25) is 5.02 Å². The number of hydrogen-bond acceptors (Lipinski definition) is 7. The van der Waals surface area contributed by atoms with Crippen LogP contribution in [-0.4, -0.2) is 30.2 Å². The summed E-state index contributed by atoms with van der Waals surface area (Å²) in [5, 5.41) is 12.1. The molecular formula is C23H19ClN4O2S2. The van der Waals surface area contributed by atoms with Crippen LogP contribution in [0.15, 0.2) is 70.0 Å². The molecule has 4 rings (SSSR count). The second-order valence-corrected chi connectivity index (χ2v) is 9.89. The zero-order valence-electron chi connectivity index (χ0n) is 17.4. The third-order valence-corrected chi connectivity index (χ3v) is 7.15. The molecule has 0 aliphatic carbocycles. The maximum absolute atomic E-state index is 11.4. The van der Waals surface area contributed by atoms with Crippen LogP contribution >= 0.6 is 34.7 Å². The van der Waals surface area contributed by atoms with E-state index in [0.717, 1.165) is 31.0 Å². The normalized spacial score (nSPS) is 11.3. The molecule has 0 unspecified atom stereocenters. The summed E-state index contributed by atoms with van der Waals surface area (Å²) in [6, 6.07) is 18.7. The number of aliphatic imine (C=N–C) groups is 1. The number of thioether (sulfide) groups is 1. The fourth-order valence-electron chi connectivity index (χ4n) is 3.05. The van der Waals surface area contributed by atoms with E-state index in [1.165, 1.54) is 11.6 Å². The first-order valence-corrected chi connectivity index (χ1v) is 11.8. The lowest BCUT2D eigenvalue weighted by Gasteiger charge is -2.12. The number of thiazole rings is 1. The lowest BCUT2D eigenvalue weighted by molar-refractivity contribution is -0.384. The number of nitrogens with zero attached hydrogens (tertiary/aromatic N) is 4. The quantitative estimate of drug-likeness (QED) is 0.123. The van der Waals surface area contributed by atoms with Crippen LogP contribution in [0.25, 0.3) is 10.2 Å². The van der Waals surface area contributed by atoms with Gasteiger partial charge in [0.2, 0.25) is 0 Å². The van der Waals surface area contributed by atoms with Crippen molar-refractivity contribution in [1.29, 1.82) is 0 Å². The third kappa shape index (κ3) is 5.27. The van der Waals surface area contributed by atoms with Crippen molar-refractivity contribution in [2.75, 3.05) is 19.0 Å². The van der Waals surface area contributed by atoms with Crippen molar-refractivity contribution in [3.8, 4) is 0 Å². The van der Waals surface area contributed by atoms with Crippen molar-refractivity contribution in [2.45, 2.75) is 10.1 Å². The lowest BCUT2D eigenvalue weighted by atomic mass is 10.1. The highest BCUT2D eigenvalue weighted by Gasteiger charge is 2.15. The Bertz CT molecular complexity index is 1300. The van der Waals surface area contributed by atoms with Crippen molar-refractivity contribution in [1.82, 2.24) is 4.98 Å². The van der Waals surface area contributed by atoms with E-state index in [1.54, 1.807) is 54.4 Å². The largest absolute Gasteiger partial charge is 0.372 e. The summed E-state index contributed by atoms with van der Waals surface area (Å²) in [7, 11) is 3.56. The van der Waals surface area contributed by atoms with Gasteiger partial charge >= 0.3 is 0 Å². The molecule has 0 radical (unpaired) electrons. The van der Waals surface area contributed by atoms with Gasteiger partial charge in [-0.05, 0) is 47.5 Å². The van der Waals surface area contributed by atoms with E-state index in [0.29, 0.717) is 11.3 Å². The van der Waals surface area contributed by atoms with Gasteiger partial charge in [0.25, 0.3) is 5.69 Å². The molecule has 0 amide bonds. The van der Waals surface area contributed by atoms with Crippen molar-refractivity contribution in [2.24, 2.45) is 4.99 Å². The zero-order chi connectivity index (χ0) is 22.7. The number of aromatic nitrogens is 1. The number of nitro benzene ring substituents is 1. The standard InChI is InChI=1S/C23H19ClN4O2S2/c1-27(2)20-10-5-16(11-21(20)28(29)30)13-25-18-8-9-19-22(12-18)32-23(26-19)31-14-15-3-6-17(24)7-4-15/h3-13H,14H2,1-2H3. The molecule has 4 aromatic rings. The van der Waals surface area contributed by atoms with Gasteiger partial charge in [-0.1, -0.05) is 41.6 Å². The van der Waals surface area contributed by atoms with Crippen LogP contribution in [0, 0.1) is 10.1 Å². The first-order valence-electron chi connectivity index (χ1n) is 9.67. The summed E-state index contributed by atoms with van der Waals surface area (Å²) in [4.78, 5) is 21.9. The fraction of sp³-hybridized carbons (Fsp3) is 0.130. The van der Waals surface area contributed by atoms with Gasteiger partial charge in [-0.3, -0.25) is 15.1 Å². The van der Waals surface area contributed by atoms with Crippen molar-refractivity contribution >= 4 is 68.2 Å². The first kappa shape index (κ1) is 22.3. The summed E-state index contributed by atoms with van der Waals surface area (Å²) in [5.74, 6) is 0.823. The predicted molar refractivity (Wildman–Crippen MR) is 135 cm³/mol. The molecule has 162 valence electrons. The van der Waals surface area contributed by atoms with Crippen LogP contribution in [0.4, 0.5) is 17.1 Å². The van der Waals surface area contributed by atoms with Crippen LogP contribution in [0.1, 0.15) is 11.1 Å². The number of rotatable bonds is 7. The summed E-state index contributed by atoms with van der Waals surface area (Å²) in [6.45, 7) is 0. The van der Waals surface area contributed by atoms with E-state index in [-0.39, 0.29) is 10.6 Å². The van der Waals surface area contributed by atoms with Gasteiger partial charge in [-0.2, -0.15) is 0 Å². The van der Waals surface area contributed by atoms with Gasteiger partial charge in [0.1, 0.15) is 5.69 Å². The first-order chi connectivity index (χ1) is 15.4. The highest BCUT2D eigenvalue weighted by molar-refractivity contribution is 8.00. The maximum atomic E-state index is 11.4. The minimum absolute atomic E-state index is 0.0548. The molecule has 1 aromatic heterocycles. The number of benzene rings is 3. The van der Waals surface area contributed by atoms with Crippen LogP contribution in [0.3, 0.4) is 0 Å². The minimum atomic E-state index is -0.376. The van der Waals surface area contributed by atoms with Crippen LogP contribution in [-0.2, 0) is 5.75 Å². The Labute approximate surface area is 198 Å². The van der Waals surface area contributed by atoms with E-state index < -0.39 is 0 Å². The van der Waals surface area contributed by atoms with E-state index in [1.807, 2.05) is 48.5 Å². The van der Waals surface area contributed by atoms with E-state index >= 15 is 0 Å². The Hall–Kier alpha value is -2.94. The molecule has 32 heavy (non-hydrogen) atoms. The second kappa shape index (κ2) is 9.68. The van der Waals surface area contributed by atoms with Gasteiger partial charge < -0.3 is 4.90 Å². The number of fused-ring (bicyclic) bond motifs is 1. The van der Waals surface area contributed by atoms with E-state index in [4.69, 9.17) is 11.6 Å². The Balaban J connectivity index is 1.50. The molecule has 0 fully saturated rings. The average Bonchev–Trinajstić information content (AvgIpc) is 3.19. The van der Waals surface area contributed by atoms with Crippen molar-refractivity contribution in [3.05, 3.63) is 86.9 Å². The Morgan fingerprint density at radius 3 is 2.66 bits per heavy atom. The van der Waals surface area contributed by atoms with Crippen LogP contribution < -0.4 is 4.90 Å². The predicted octanol–water partition coefficient (Wildman–Crippen LogP) is 6.97. The van der Waals surface area contributed by atoms with Gasteiger partial charge in [-0.25, -0.2) is 4.98 Å². The molecular weight excluding hydrogens is 464 g/mol. The molecule has 0 aliphatic rings. The van der Waals surface area contributed by atoms with E-state index in [2.05, 4.69) is 9.98 Å². The number of hydrogen-bond donors (Lipinski definition) is 0. The summed E-state index contributed by atoms with van der Waals surface area (Å²) in [6.07, 6.45) is 1.64. The number of halogens is 1. The molecule has 6 nitrogen and oxygen atoms in total. The Morgan fingerprint density at radius 1 is 1.16 bits per heavy atom. The highest BCUT2D eigenvalue weighted by atomic mass is 35.5. The molecule has 0 atom stereocenters. The molecule has 0 aliphatic heterocycles. The maximum Gasteiger partial charge on any atom is 0.293 e. The summed E-state index contributed by atoms with van der Waals surface area (Å²) < 4.78 is 2.04. The molecule has 9 heteroatoms. The van der Waals surface area contributed by atoms with Crippen molar-refractivity contribution < 1.29 is 4.92 Å². The third-order valence-electron chi connectivity index (χ3n) is 4.67. The summed E-state index contributed by atoms with van der Waals surface area (Å²) >= 11 is 9.25. The molecule has 0 spiro atoms. The SMILES string of the molecule is CN(C)c1ccc(C=Nc2ccc3nc(SCc4ccc(Cl)cc4)sc3c2)cc1[N+](=O)[O-]. The van der Waals surface area contributed by atoms with Gasteiger partial charge in [0.15, 0.2) is 4.34 Å². The number of anilines is 1.